The van der Waals surface area contributed by atoms with E-state index in [9.17, 15) is 19.0 Å². The molecule has 2 atom stereocenters. The molecule has 0 saturated carbocycles. The van der Waals surface area contributed by atoms with E-state index < -0.39 is 26.5 Å². The molecule has 0 spiro atoms. The Morgan fingerprint density at radius 2 is 0.831 bits per heavy atom. The predicted octanol–water partition coefficient (Wildman–Crippen LogP) is 16.2. The molecule has 10 heteroatoms. The van der Waals surface area contributed by atoms with Gasteiger partial charge < -0.3 is 18.9 Å². The summed E-state index contributed by atoms with van der Waals surface area (Å²) in [6.45, 7) is 4.41. The zero-order chi connectivity index (χ0) is 47.8. The maximum Gasteiger partial charge on any atom is 0.472 e. The van der Waals surface area contributed by atoms with Gasteiger partial charge in [-0.15, -0.1) is 0 Å². The Morgan fingerprint density at radius 1 is 0.477 bits per heavy atom. The minimum atomic E-state index is -4.38. The zero-order valence-corrected chi connectivity index (χ0v) is 43.9. The normalized spacial score (nSPS) is 13.8. The second-order valence-corrected chi connectivity index (χ2v) is 20.7. The molecule has 0 aromatic rings. The lowest BCUT2D eigenvalue weighted by atomic mass is 10.0. The van der Waals surface area contributed by atoms with Crippen molar-refractivity contribution in [1.29, 1.82) is 0 Å². The summed E-state index contributed by atoms with van der Waals surface area (Å²) in [5.74, 6) is -0.805. The molecule has 0 aliphatic heterocycles. The van der Waals surface area contributed by atoms with Crippen molar-refractivity contribution in [3.63, 3.8) is 0 Å². The van der Waals surface area contributed by atoms with E-state index in [-0.39, 0.29) is 32.0 Å². The molecule has 380 valence electrons. The van der Waals surface area contributed by atoms with Gasteiger partial charge in [-0.3, -0.25) is 18.6 Å². The highest BCUT2D eigenvalue weighted by molar-refractivity contribution is 7.47. The maximum atomic E-state index is 12.8. The SMILES string of the molecule is CCCCCCC/C=C\C/C=C\C/C=C\CCCCCCCCCCCCCCC(=O)OC(COC(=O)CCCCCCC/C=C\CCCCCCC)COP(=O)(O)OCC[N+](C)(C)C. The quantitative estimate of drug-likeness (QED) is 0.0211. The Bertz CT molecular complexity index is 1240. The first-order valence-electron chi connectivity index (χ1n) is 26.9. The highest BCUT2D eigenvalue weighted by atomic mass is 31.2. The number of phosphoric ester groups is 1. The number of hydrogen-bond acceptors (Lipinski definition) is 7. The number of hydrogen-bond donors (Lipinski definition) is 1. The number of carbonyl (C=O) groups is 2. The molecule has 0 aliphatic rings. The van der Waals surface area contributed by atoms with Gasteiger partial charge in [-0.05, 0) is 77.0 Å². The molecule has 0 heterocycles. The Morgan fingerprint density at radius 3 is 1.25 bits per heavy atom. The summed E-state index contributed by atoms with van der Waals surface area (Å²) in [7, 11) is 1.47. The van der Waals surface area contributed by atoms with Crippen LogP contribution in [0.2, 0.25) is 0 Å². The van der Waals surface area contributed by atoms with Crippen molar-refractivity contribution in [2.75, 3.05) is 47.5 Å². The summed E-state index contributed by atoms with van der Waals surface area (Å²) >= 11 is 0. The predicted molar refractivity (Wildman–Crippen MR) is 275 cm³/mol. The molecule has 1 N–H and O–H groups in total. The number of quaternary nitrogens is 1. The van der Waals surface area contributed by atoms with Crippen molar-refractivity contribution >= 4 is 19.8 Å². The minimum absolute atomic E-state index is 0.0296. The van der Waals surface area contributed by atoms with Crippen molar-refractivity contribution < 1.29 is 42.1 Å². The highest BCUT2D eigenvalue weighted by Crippen LogP contribution is 2.43. The number of esters is 2. The number of ether oxygens (including phenoxy) is 2. The van der Waals surface area contributed by atoms with Crippen LogP contribution in [0.4, 0.5) is 0 Å². The van der Waals surface area contributed by atoms with Gasteiger partial charge in [0.1, 0.15) is 19.8 Å². The van der Waals surface area contributed by atoms with E-state index >= 15 is 0 Å². The van der Waals surface area contributed by atoms with E-state index in [1.165, 1.54) is 135 Å². The molecule has 2 unspecified atom stereocenters. The van der Waals surface area contributed by atoms with Crippen LogP contribution in [0.1, 0.15) is 239 Å². The Kier molecular flexibility index (Phi) is 45.6. The van der Waals surface area contributed by atoms with Crippen LogP contribution in [0.25, 0.3) is 0 Å². The number of unbranched alkanes of at least 4 members (excludes halogenated alkanes) is 27. The average Bonchev–Trinajstić information content (AvgIpc) is 3.26. The Balaban J connectivity index is 4.17. The summed E-state index contributed by atoms with van der Waals surface area (Å²) in [6.07, 6.45) is 57.4. The van der Waals surface area contributed by atoms with Gasteiger partial charge in [-0.25, -0.2) is 4.57 Å². The fourth-order valence-corrected chi connectivity index (χ4v) is 8.11. The van der Waals surface area contributed by atoms with Crippen LogP contribution < -0.4 is 0 Å². The summed E-state index contributed by atoms with van der Waals surface area (Å²) in [4.78, 5) is 35.5. The van der Waals surface area contributed by atoms with Gasteiger partial charge in [-0.2, -0.15) is 0 Å². The lowest BCUT2D eigenvalue weighted by molar-refractivity contribution is -0.870. The number of allylic oxidation sites excluding steroid dienone is 8. The Hall–Kier alpha value is -2.03. The van der Waals surface area contributed by atoms with E-state index in [2.05, 4.69) is 62.5 Å². The molecule has 0 saturated heterocycles. The molecule has 9 nitrogen and oxygen atoms in total. The molecule has 0 amide bonds. The van der Waals surface area contributed by atoms with Crippen LogP contribution in [-0.2, 0) is 32.7 Å². The van der Waals surface area contributed by atoms with Crippen LogP contribution in [-0.4, -0.2) is 74.9 Å². The van der Waals surface area contributed by atoms with Crippen LogP contribution in [0.3, 0.4) is 0 Å². The third kappa shape index (κ3) is 51.2. The molecule has 65 heavy (non-hydrogen) atoms. The number of carbonyl (C=O) groups excluding carboxylic acids is 2. The standard InChI is InChI=1S/C55H102NO8P/c1-6-8-10-12-14-16-18-20-22-23-24-25-26-27-28-29-30-31-32-33-34-36-38-40-42-44-46-48-55(58)64-53(52-63-65(59,60)62-50-49-56(3,4)5)51-61-54(57)47-45-43-41-39-37-35-21-19-17-15-13-11-9-7-2/h18-21,23-24,26-27,53H,6-17,22,25,28-52H2,1-5H3/p+1/b20-18-,21-19-,24-23-,27-26-. The van der Waals surface area contributed by atoms with Crippen LogP contribution in [0, 0.1) is 0 Å². The molecule has 0 aromatic heterocycles. The van der Waals surface area contributed by atoms with E-state index in [1.807, 2.05) is 21.1 Å². The fourth-order valence-electron chi connectivity index (χ4n) is 7.37. The second kappa shape index (κ2) is 47.1. The van der Waals surface area contributed by atoms with Crippen molar-refractivity contribution in [1.82, 2.24) is 0 Å². The van der Waals surface area contributed by atoms with Gasteiger partial charge in [0.25, 0.3) is 0 Å². The van der Waals surface area contributed by atoms with Crippen molar-refractivity contribution in [3.8, 4) is 0 Å². The molecular weight excluding hydrogens is 834 g/mol. The van der Waals surface area contributed by atoms with Crippen LogP contribution in [0.5, 0.6) is 0 Å². The van der Waals surface area contributed by atoms with E-state index in [0.29, 0.717) is 17.4 Å². The van der Waals surface area contributed by atoms with Crippen molar-refractivity contribution in [2.24, 2.45) is 0 Å². The smallest absolute Gasteiger partial charge is 0.462 e. The zero-order valence-electron chi connectivity index (χ0n) is 43.0. The van der Waals surface area contributed by atoms with E-state index in [0.717, 1.165) is 70.6 Å². The number of rotatable bonds is 49. The second-order valence-electron chi connectivity index (χ2n) is 19.3. The van der Waals surface area contributed by atoms with Gasteiger partial charge in [-0.1, -0.05) is 197 Å². The summed E-state index contributed by atoms with van der Waals surface area (Å²) < 4.78 is 34.5. The van der Waals surface area contributed by atoms with Gasteiger partial charge in [0.05, 0.1) is 27.7 Å². The number of likely N-dealkylation sites (N-methyl/N-ethyl adjacent to an activating group) is 1. The van der Waals surface area contributed by atoms with Gasteiger partial charge in [0.2, 0.25) is 0 Å². The molecule has 0 rings (SSSR count). The van der Waals surface area contributed by atoms with E-state index in [4.69, 9.17) is 18.5 Å². The first-order chi connectivity index (χ1) is 31.5. The monoisotopic (exact) mass is 937 g/mol. The summed E-state index contributed by atoms with van der Waals surface area (Å²) in [5, 5.41) is 0. The molecule has 0 aromatic carbocycles. The van der Waals surface area contributed by atoms with Crippen LogP contribution >= 0.6 is 7.82 Å². The molecule has 0 fully saturated rings. The van der Waals surface area contributed by atoms with Crippen LogP contribution in [0.15, 0.2) is 48.6 Å². The lowest BCUT2D eigenvalue weighted by Gasteiger charge is -2.24. The van der Waals surface area contributed by atoms with Crippen molar-refractivity contribution in [3.05, 3.63) is 48.6 Å². The number of phosphoric acid groups is 1. The third-order valence-corrected chi connectivity index (χ3v) is 12.6. The summed E-state index contributed by atoms with van der Waals surface area (Å²) in [6, 6.07) is 0. The molecule has 0 radical (unpaired) electrons. The van der Waals surface area contributed by atoms with Gasteiger partial charge in [0, 0.05) is 12.8 Å². The first-order valence-corrected chi connectivity index (χ1v) is 28.4. The van der Waals surface area contributed by atoms with Gasteiger partial charge in [0.15, 0.2) is 6.10 Å². The maximum absolute atomic E-state index is 12.8. The van der Waals surface area contributed by atoms with Gasteiger partial charge >= 0.3 is 19.8 Å². The highest BCUT2D eigenvalue weighted by Gasteiger charge is 2.27. The average molecular weight is 937 g/mol. The van der Waals surface area contributed by atoms with Crippen molar-refractivity contribution in [2.45, 2.75) is 245 Å². The topological polar surface area (TPSA) is 108 Å². The first kappa shape index (κ1) is 63.0. The third-order valence-electron chi connectivity index (χ3n) is 11.6. The summed E-state index contributed by atoms with van der Waals surface area (Å²) in [5.41, 5.74) is 0. The lowest BCUT2D eigenvalue weighted by Crippen LogP contribution is -2.37. The molecule has 0 aliphatic carbocycles. The molecule has 0 bridgehead atoms. The molecular formula is C55H103NO8P+. The fraction of sp³-hybridized carbons (Fsp3) is 0.818. The Labute approximate surface area is 401 Å². The minimum Gasteiger partial charge on any atom is -0.462 e. The van der Waals surface area contributed by atoms with E-state index in [1.54, 1.807) is 0 Å². The largest absolute Gasteiger partial charge is 0.472 e. The number of nitrogens with zero attached hydrogens (tertiary/aromatic N) is 1.